The van der Waals surface area contributed by atoms with Gasteiger partial charge in [-0.05, 0) is 24.3 Å². The molecule has 2 aromatic carbocycles. The first-order chi connectivity index (χ1) is 15.6. The Morgan fingerprint density at radius 2 is 1.71 bits per heavy atom. The number of non-ortho nitro benzene ring substituents is 1. The van der Waals surface area contributed by atoms with E-state index in [2.05, 4.69) is 30.8 Å². The zero-order chi connectivity index (χ0) is 24.1. The van der Waals surface area contributed by atoms with Gasteiger partial charge in [-0.1, -0.05) is 0 Å². The fraction of sp³-hybridized carbons (Fsp3) is 0.111. The van der Waals surface area contributed by atoms with Crippen molar-refractivity contribution in [3.05, 3.63) is 68.0 Å². The number of aromatic hydroxyl groups is 1. The molecule has 3 N–H and O–H groups in total. The van der Waals surface area contributed by atoms with Crippen LogP contribution in [0.5, 0.6) is 5.75 Å². The van der Waals surface area contributed by atoms with Crippen LogP contribution in [-0.2, 0) is 0 Å². The molecule has 0 saturated heterocycles. The maximum absolute atomic E-state index is 13.1. The fourth-order valence-electron chi connectivity index (χ4n) is 2.46. The van der Waals surface area contributed by atoms with Gasteiger partial charge in [-0.25, -0.2) is 9.82 Å². The number of nitrogens with one attached hydrogen (secondary N) is 2. The number of rotatable bonds is 8. The van der Waals surface area contributed by atoms with Gasteiger partial charge in [-0.2, -0.15) is 20.1 Å². The zero-order valence-electron chi connectivity index (χ0n) is 17.5. The van der Waals surface area contributed by atoms with Gasteiger partial charge in [0.1, 0.15) is 5.82 Å². The van der Waals surface area contributed by atoms with Gasteiger partial charge in [0.25, 0.3) is 5.69 Å². The Labute approximate surface area is 196 Å². The summed E-state index contributed by atoms with van der Waals surface area (Å²) in [4.78, 5) is 34.3. The molecule has 0 fully saturated rings. The first-order valence-electron chi connectivity index (χ1n) is 9.05. The van der Waals surface area contributed by atoms with E-state index in [0.717, 1.165) is 12.3 Å². The topological polar surface area (TPSA) is 185 Å². The molecule has 0 unspecified atom stereocenters. The molecule has 0 radical (unpaired) electrons. The molecule has 3 rings (SSSR count). The van der Waals surface area contributed by atoms with E-state index in [0.29, 0.717) is 11.8 Å². The number of hydrogen-bond donors (Lipinski definition) is 3. The van der Waals surface area contributed by atoms with Crippen molar-refractivity contribution < 1.29 is 19.3 Å². The van der Waals surface area contributed by atoms with Crippen molar-refractivity contribution in [2.75, 3.05) is 29.7 Å². The summed E-state index contributed by atoms with van der Waals surface area (Å²) in [5.74, 6) is -0.909. The number of halogens is 2. The molecule has 0 spiro atoms. The molecular formula is C18H17ClFN9O5. The lowest BCUT2D eigenvalue weighted by Crippen LogP contribution is -2.15. The molecule has 0 aliphatic rings. The minimum atomic E-state index is -0.949. The summed E-state index contributed by atoms with van der Waals surface area (Å²) in [6.45, 7) is 0. The second-order valence-electron chi connectivity index (χ2n) is 6.60. The molecule has 34 heavy (non-hydrogen) atoms. The third-order valence-corrected chi connectivity index (χ3v) is 4.00. The van der Waals surface area contributed by atoms with Crippen LogP contribution in [-0.4, -0.2) is 50.2 Å². The van der Waals surface area contributed by atoms with Crippen LogP contribution in [0.4, 0.5) is 39.3 Å². The number of nitro benzene ring substituents is 2. The van der Waals surface area contributed by atoms with Gasteiger partial charge in [0.05, 0.1) is 27.7 Å². The fourth-order valence-corrected chi connectivity index (χ4v) is 2.46. The van der Waals surface area contributed by atoms with E-state index in [1.165, 1.54) is 24.3 Å². The van der Waals surface area contributed by atoms with Gasteiger partial charge >= 0.3 is 5.69 Å². The number of phenolic OH excluding ortho intramolecular Hbond substituents is 1. The van der Waals surface area contributed by atoms with E-state index in [9.17, 15) is 29.7 Å². The van der Waals surface area contributed by atoms with Crippen molar-refractivity contribution in [2.45, 2.75) is 0 Å². The summed E-state index contributed by atoms with van der Waals surface area (Å²) < 4.78 is 13.1. The summed E-state index contributed by atoms with van der Waals surface area (Å²) in [5.41, 5.74) is 1.28. The number of nitro groups is 2. The number of nitrogens with zero attached hydrogens (tertiary/aromatic N) is 7. The highest BCUT2D eigenvalue weighted by molar-refractivity contribution is 5.87. The molecule has 1 aromatic heterocycles. The summed E-state index contributed by atoms with van der Waals surface area (Å²) in [5, 5.41) is 38.8. The first kappa shape index (κ1) is 25.6. The molecule has 1 heterocycles. The third kappa shape index (κ3) is 6.19. The van der Waals surface area contributed by atoms with Gasteiger partial charge in [-0.3, -0.25) is 20.2 Å². The Morgan fingerprint density at radius 1 is 1.06 bits per heavy atom. The highest BCUT2D eigenvalue weighted by Gasteiger charge is 2.23. The Kier molecular flexibility index (Phi) is 8.11. The first-order valence-corrected chi connectivity index (χ1v) is 9.05. The highest BCUT2D eigenvalue weighted by atomic mass is 35.5. The van der Waals surface area contributed by atoms with E-state index in [4.69, 9.17) is 0 Å². The van der Waals surface area contributed by atoms with Crippen LogP contribution in [0.2, 0.25) is 0 Å². The maximum atomic E-state index is 13.1. The van der Waals surface area contributed by atoms with E-state index < -0.39 is 32.8 Å². The number of phenols is 1. The monoisotopic (exact) mass is 493 g/mol. The normalized spacial score (nSPS) is 10.4. The Hall–Kier alpha value is -4.66. The predicted molar refractivity (Wildman–Crippen MR) is 124 cm³/mol. The Bertz CT molecular complexity index is 1240. The van der Waals surface area contributed by atoms with E-state index in [1.54, 1.807) is 19.0 Å². The van der Waals surface area contributed by atoms with Crippen LogP contribution < -0.4 is 15.6 Å². The largest absolute Gasteiger partial charge is 0.502 e. The number of hydrazone groups is 1. The van der Waals surface area contributed by atoms with Gasteiger partial charge in [0.15, 0.2) is 0 Å². The van der Waals surface area contributed by atoms with Crippen molar-refractivity contribution in [3.8, 4) is 5.75 Å². The quantitative estimate of drug-likeness (QED) is 0.237. The number of anilines is 4. The Balaban J connectivity index is 0.00000408. The number of hydrogen-bond acceptors (Lipinski definition) is 12. The summed E-state index contributed by atoms with van der Waals surface area (Å²) >= 11 is 0. The van der Waals surface area contributed by atoms with Gasteiger partial charge in [0.2, 0.25) is 23.6 Å². The van der Waals surface area contributed by atoms with Crippen molar-refractivity contribution in [1.82, 2.24) is 15.0 Å². The van der Waals surface area contributed by atoms with Crippen molar-refractivity contribution in [1.29, 1.82) is 0 Å². The van der Waals surface area contributed by atoms with Crippen LogP contribution in [0, 0.1) is 26.0 Å². The zero-order valence-corrected chi connectivity index (χ0v) is 18.4. The van der Waals surface area contributed by atoms with Crippen LogP contribution in [0.3, 0.4) is 0 Å². The lowest BCUT2D eigenvalue weighted by Gasteiger charge is -2.13. The maximum Gasteiger partial charge on any atom is 0.318 e. The number of aromatic nitrogens is 3. The minimum Gasteiger partial charge on any atom is -0.502 e. The molecule has 14 nitrogen and oxygen atoms in total. The van der Waals surface area contributed by atoms with E-state index in [-0.39, 0.29) is 35.8 Å². The average Bonchev–Trinajstić information content (AvgIpc) is 2.76. The van der Waals surface area contributed by atoms with E-state index >= 15 is 0 Å². The molecular weight excluding hydrogens is 477 g/mol. The molecule has 16 heteroatoms. The van der Waals surface area contributed by atoms with E-state index in [1.807, 2.05) is 0 Å². The third-order valence-electron chi connectivity index (χ3n) is 4.00. The van der Waals surface area contributed by atoms with Crippen LogP contribution in [0.1, 0.15) is 5.56 Å². The molecule has 3 aromatic rings. The van der Waals surface area contributed by atoms with Crippen LogP contribution in [0.25, 0.3) is 0 Å². The highest BCUT2D eigenvalue weighted by Crippen LogP contribution is 2.33. The summed E-state index contributed by atoms with van der Waals surface area (Å²) in [6, 6.07) is 7.04. The van der Waals surface area contributed by atoms with Gasteiger partial charge in [-0.15, -0.1) is 12.4 Å². The number of benzene rings is 2. The van der Waals surface area contributed by atoms with Gasteiger partial charge in [0, 0.05) is 25.8 Å². The predicted octanol–water partition coefficient (Wildman–Crippen LogP) is 3.21. The summed E-state index contributed by atoms with van der Waals surface area (Å²) in [7, 11) is 3.37. The van der Waals surface area contributed by atoms with Gasteiger partial charge < -0.3 is 15.3 Å². The lowest BCUT2D eigenvalue weighted by atomic mass is 10.1. The molecule has 0 aliphatic heterocycles. The SMILES string of the molecule is CN(C)c1nc(NN=Cc2cc([N+](=O)[O-])cc([N+](=O)[O-])c2O)nc(Nc2ccc(F)cc2)n1.Cl. The molecule has 0 saturated carbocycles. The second-order valence-corrected chi connectivity index (χ2v) is 6.60. The summed E-state index contributed by atoms with van der Waals surface area (Å²) in [6.07, 6.45) is 0.946. The van der Waals surface area contributed by atoms with Crippen LogP contribution in [0.15, 0.2) is 41.5 Å². The second kappa shape index (κ2) is 10.8. The Morgan fingerprint density at radius 3 is 2.29 bits per heavy atom. The smallest absolute Gasteiger partial charge is 0.318 e. The average molecular weight is 494 g/mol. The van der Waals surface area contributed by atoms with Crippen molar-refractivity contribution in [3.63, 3.8) is 0 Å². The minimum absolute atomic E-state index is 0. The van der Waals surface area contributed by atoms with Crippen LogP contribution >= 0.6 is 12.4 Å². The van der Waals surface area contributed by atoms with Crippen molar-refractivity contribution >= 4 is 53.5 Å². The standard InChI is InChI=1S/C18H16FN9O5.ClH/c1-26(2)18-23-16(21-12-5-3-11(19)4-6-12)22-17(24-18)25-20-9-10-7-13(27(30)31)8-14(15(10)29)28(32)33;/h3-9,29H,1-2H3,(H2,21,22,23,24,25);1H. The molecule has 0 aliphatic carbocycles. The lowest BCUT2D eigenvalue weighted by molar-refractivity contribution is -0.394. The molecule has 0 amide bonds. The molecule has 0 atom stereocenters. The molecule has 178 valence electrons. The van der Waals surface area contributed by atoms with Crippen molar-refractivity contribution in [2.24, 2.45) is 5.10 Å². The molecule has 0 bridgehead atoms.